The molecule has 9 nitrogen and oxygen atoms in total. The lowest BCUT2D eigenvalue weighted by Crippen LogP contribution is -2.45. The summed E-state index contributed by atoms with van der Waals surface area (Å²) in [4.78, 5) is 30.4. The molecule has 194 valence electrons. The van der Waals surface area contributed by atoms with Crippen LogP contribution in [0.5, 0.6) is 5.75 Å². The van der Waals surface area contributed by atoms with Crippen LogP contribution in [0.2, 0.25) is 0 Å². The van der Waals surface area contributed by atoms with Crippen LogP contribution in [-0.2, 0) is 11.3 Å². The van der Waals surface area contributed by atoms with Gasteiger partial charge in [0.05, 0.1) is 25.0 Å². The number of ether oxygens (including phenoxy) is 1. The zero-order valence-corrected chi connectivity index (χ0v) is 20.7. The van der Waals surface area contributed by atoms with Crippen molar-refractivity contribution in [2.24, 2.45) is 0 Å². The Bertz CT molecular complexity index is 1250. The molecule has 0 atom stereocenters. The first-order valence-corrected chi connectivity index (χ1v) is 12.4. The first kappa shape index (κ1) is 25.0. The number of rotatable bonds is 8. The third-order valence-electron chi connectivity index (χ3n) is 6.67. The summed E-state index contributed by atoms with van der Waals surface area (Å²) < 4.78 is 35.0. The Labute approximate surface area is 214 Å². The zero-order valence-electron chi connectivity index (χ0n) is 20.7. The molecule has 2 aromatic heterocycles. The number of hydrogen-bond donors (Lipinski definition) is 1. The molecule has 2 aliphatic rings. The van der Waals surface area contributed by atoms with E-state index in [1.807, 2.05) is 12.1 Å². The first-order valence-electron chi connectivity index (χ1n) is 12.4. The number of anilines is 3. The van der Waals surface area contributed by atoms with Gasteiger partial charge < -0.3 is 24.6 Å². The van der Waals surface area contributed by atoms with E-state index in [1.165, 1.54) is 6.07 Å². The van der Waals surface area contributed by atoms with Crippen LogP contribution in [0.4, 0.5) is 26.2 Å². The van der Waals surface area contributed by atoms with Crippen LogP contribution in [0.1, 0.15) is 12.5 Å². The van der Waals surface area contributed by atoms with Gasteiger partial charge in [-0.2, -0.15) is 0 Å². The second kappa shape index (κ2) is 11.1. The lowest BCUT2D eigenvalue weighted by molar-refractivity contribution is -0.106. The monoisotopic (exact) mass is 509 g/mol. The molecule has 1 saturated heterocycles. The number of carbonyl (C=O) groups excluding carboxylic acids is 1. The van der Waals surface area contributed by atoms with E-state index in [4.69, 9.17) is 4.74 Å². The fraction of sp³-hybridized carbons (Fsp3) is 0.385. The van der Waals surface area contributed by atoms with Gasteiger partial charge in [0.2, 0.25) is 5.95 Å². The Morgan fingerprint density at radius 3 is 2.57 bits per heavy atom. The number of piperazine rings is 1. The maximum absolute atomic E-state index is 14.8. The van der Waals surface area contributed by atoms with Gasteiger partial charge in [-0.25, -0.2) is 23.7 Å². The number of aromatic nitrogens is 3. The smallest absolute Gasteiger partial charge is 0.229 e. The van der Waals surface area contributed by atoms with Gasteiger partial charge in [-0.1, -0.05) is 13.0 Å². The zero-order chi connectivity index (χ0) is 25.8. The Morgan fingerprint density at radius 2 is 1.84 bits per heavy atom. The summed E-state index contributed by atoms with van der Waals surface area (Å²) in [6, 6.07) is 6.57. The van der Waals surface area contributed by atoms with Gasteiger partial charge in [0, 0.05) is 44.5 Å². The van der Waals surface area contributed by atoms with E-state index in [0.29, 0.717) is 18.1 Å². The highest BCUT2D eigenvalue weighted by molar-refractivity contribution is 5.75. The molecule has 4 heterocycles. The Kier molecular flexibility index (Phi) is 7.52. The van der Waals surface area contributed by atoms with E-state index < -0.39 is 11.6 Å². The maximum Gasteiger partial charge on any atom is 0.229 e. The van der Waals surface area contributed by atoms with Crippen molar-refractivity contribution >= 4 is 23.7 Å². The largest absolute Gasteiger partial charge is 0.486 e. The molecule has 1 fully saturated rings. The highest BCUT2D eigenvalue weighted by Gasteiger charge is 2.24. The van der Waals surface area contributed by atoms with Crippen LogP contribution >= 0.6 is 0 Å². The van der Waals surface area contributed by atoms with Crippen molar-refractivity contribution in [3.63, 3.8) is 0 Å². The average molecular weight is 510 g/mol. The van der Waals surface area contributed by atoms with Crippen LogP contribution in [0.3, 0.4) is 0 Å². The Hall–Kier alpha value is -3.70. The topological polar surface area (TPSA) is 86.7 Å². The third kappa shape index (κ3) is 5.67. The van der Waals surface area contributed by atoms with Gasteiger partial charge in [-0.05, 0) is 30.3 Å². The van der Waals surface area contributed by atoms with Crippen LogP contribution < -0.4 is 15.0 Å². The fourth-order valence-electron chi connectivity index (χ4n) is 4.61. The van der Waals surface area contributed by atoms with Crippen LogP contribution in [0.15, 0.2) is 36.7 Å². The molecule has 0 amide bonds. The molecule has 11 heteroatoms. The van der Waals surface area contributed by atoms with E-state index >= 15 is 0 Å². The second-order valence-corrected chi connectivity index (χ2v) is 9.04. The molecule has 37 heavy (non-hydrogen) atoms. The molecule has 1 aromatic carbocycles. The number of hydrogen-bond acceptors (Lipinski definition) is 9. The second-order valence-electron chi connectivity index (χ2n) is 9.04. The molecule has 5 rings (SSSR count). The average Bonchev–Trinajstić information content (AvgIpc) is 2.92. The predicted octanol–water partition coefficient (Wildman–Crippen LogP) is 3.10. The first-order chi connectivity index (χ1) is 18.0. The molecule has 3 aromatic rings. The van der Waals surface area contributed by atoms with Gasteiger partial charge in [0.25, 0.3) is 0 Å². The summed E-state index contributed by atoms with van der Waals surface area (Å²) in [5, 5.41) is 3.00. The SMILES string of the molecule is CCN1CCN(Cc2ccc(Nc3ncc(F)c(-c4cc(F)c5c(c4)N(CC=O)CCO5)n3)nc2)CC1. The van der Waals surface area contributed by atoms with E-state index in [1.54, 1.807) is 17.2 Å². The Balaban J connectivity index is 1.31. The molecular weight excluding hydrogens is 480 g/mol. The molecule has 0 saturated carbocycles. The van der Waals surface area contributed by atoms with Gasteiger partial charge >= 0.3 is 0 Å². The number of nitrogens with zero attached hydrogens (tertiary/aromatic N) is 6. The molecule has 0 radical (unpaired) electrons. The number of fused-ring (bicyclic) bond motifs is 1. The standard InChI is InChI=1S/C26H29F2N7O2/c1-2-33-5-7-34(8-6-33)17-18-3-4-23(29-15-18)31-26-30-16-21(28)24(32-26)19-13-20(27)25-22(14-19)35(9-11-36)10-12-37-25/h3-4,11,13-16H,2,5-10,12,17H2,1H3,(H,29,30,31,32). The summed E-state index contributed by atoms with van der Waals surface area (Å²) in [5.41, 5.74) is 1.63. The molecule has 0 bridgehead atoms. The van der Waals surface area contributed by atoms with Crippen molar-refractivity contribution < 1.29 is 18.3 Å². The van der Waals surface area contributed by atoms with E-state index in [-0.39, 0.29) is 36.1 Å². The summed E-state index contributed by atoms with van der Waals surface area (Å²) in [7, 11) is 0. The number of aldehydes is 1. The molecule has 0 unspecified atom stereocenters. The van der Waals surface area contributed by atoms with Crippen LogP contribution in [0, 0.1) is 11.6 Å². The van der Waals surface area contributed by atoms with Crippen molar-refractivity contribution in [1.82, 2.24) is 24.8 Å². The van der Waals surface area contributed by atoms with E-state index in [0.717, 1.165) is 57.3 Å². The fourth-order valence-corrected chi connectivity index (χ4v) is 4.61. The number of pyridine rings is 1. The van der Waals surface area contributed by atoms with Crippen molar-refractivity contribution in [3.05, 3.63) is 53.9 Å². The van der Waals surface area contributed by atoms with Crippen LogP contribution in [0.25, 0.3) is 11.3 Å². The number of carbonyl (C=O) groups is 1. The summed E-state index contributed by atoms with van der Waals surface area (Å²) in [6.45, 7) is 9.06. The van der Waals surface area contributed by atoms with Gasteiger partial charge in [-0.15, -0.1) is 0 Å². The van der Waals surface area contributed by atoms with Gasteiger partial charge in [0.1, 0.15) is 24.4 Å². The lowest BCUT2D eigenvalue weighted by Gasteiger charge is -2.33. The summed E-state index contributed by atoms with van der Waals surface area (Å²) >= 11 is 0. The summed E-state index contributed by atoms with van der Waals surface area (Å²) in [6.07, 6.45) is 3.57. The van der Waals surface area contributed by atoms with E-state index in [9.17, 15) is 13.6 Å². The van der Waals surface area contributed by atoms with Crippen molar-refractivity contribution in [3.8, 4) is 17.0 Å². The van der Waals surface area contributed by atoms with Gasteiger partial charge in [-0.3, -0.25) is 4.90 Å². The number of nitrogens with one attached hydrogen (secondary N) is 1. The highest BCUT2D eigenvalue weighted by atomic mass is 19.1. The number of likely N-dealkylation sites (N-methyl/N-ethyl adjacent to an activating group) is 1. The quantitative estimate of drug-likeness (QED) is 0.461. The maximum atomic E-state index is 14.8. The van der Waals surface area contributed by atoms with Crippen molar-refractivity contribution in [1.29, 1.82) is 0 Å². The normalized spacial score (nSPS) is 16.2. The summed E-state index contributed by atoms with van der Waals surface area (Å²) in [5.74, 6) is -0.661. The molecule has 0 spiro atoms. The third-order valence-corrected chi connectivity index (χ3v) is 6.67. The molecule has 1 N–H and O–H groups in total. The molecule has 0 aliphatic carbocycles. The van der Waals surface area contributed by atoms with Gasteiger partial charge in [0.15, 0.2) is 17.4 Å². The predicted molar refractivity (Wildman–Crippen MR) is 136 cm³/mol. The highest BCUT2D eigenvalue weighted by Crippen LogP contribution is 2.38. The van der Waals surface area contributed by atoms with E-state index in [2.05, 4.69) is 37.0 Å². The minimum absolute atomic E-state index is 0.0428. The molecule has 2 aliphatic heterocycles. The van der Waals surface area contributed by atoms with Crippen molar-refractivity contribution in [2.75, 3.05) is 62.6 Å². The minimum atomic E-state index is -0.699. The number of benzene rings is 1. The lowest BCUT2D eigenvalue weighted by atomic mass is 10.1. The van der Waals surface area contributed by atoms with Crippen LogP contribution in [-0.4, -0.2) is 83.5 Å². The minimum Gasteiger partial charge on any atom is -0.486 e. The number of halogens is 2. The molecular formula is C26H29F2N7O2. The Morgan fingerprint density at radius 1 is 1.03 bits per heavy atom. The van der Waals surface area contributed by atoms with Crippen molar-refractivity contribution in [2.45, 2.75) is 13.5 Å².